The number of aliphatic imine (C=N–C) groups is 2. The van der Waals surface area contributed by atoms with Gasteiger partial charge in [0.25, 0.3) is 5.91 Å². The van der Waals surface area contributed by atoms with Crippen LogP contribution < -0.4 is 21.1 Å². The molecule has 1 amide bonds. The molecule has 2 aromatic rings. The first-order chi connectivity index (χ1) is 18.5. The summed E-state index contributed by atoms with van der Waals surface area (Å²) in [6, 6.07) is 11.9. The molecule has 2 fully saturated rings. The predicted molar refractivity (Wildman–Crippen MR) is 146 cm³/mol. The maximum atomic E-state index is 13.2. The molecule has 10 heteroatoms. The number of fused-ring (bicyclic) bond motifs is 1. The van der Waals surface area contributed by atoms with Crippen LogP contribution in [0.1, 0.15) is 25.0 Å². The Bertz CT molecular complexity index is 1330. The summed E-state index contributed by atoms with van der Waals surface area (Å²) >= 11 is 0. The van der Waals surface area contributed by atoms with Crippen molar-refractivity contribution in [1.82, 2.24) is 15.8 Å². The minimum Gasteiger partial charge on any atom is -0.437 e. The molecule has 0 bridgehead atoms. The van der Waals surface area contributed by atoms with Gasteiger partial charge in [-0.1, -0.05) is 49.4 Å². The van der Waals surface area contributed by atoms with Crippen molar-refractivity contribution in [3.8, 4) is 0 Å². The molecule has 1 aromatic heterocycles. The lowest BCUT2D eigenvalue weighted by molar-refractivity contribution is -0.117. The molecule has 3 N–H and O–H groups in total. The number of benzodiazepines with no additional fused rings is 1. The van der Waals surface area contributed by atoms with E-state index in [2.05, 4.69) is 50.1 Å². The van der Waals surface area contributed by atoms with Gasteiger partial charge in [0.1, 0.15) is 5.82 Å². The van der Waals surface area contributed by atoms with Crippen molar-refractivity contribution in [3.05, 3.63) is 78.0 Å². The van der Waals surface area contributed by atoms with Crippen LogP contribution in [0, 0.1) is 11.8 Å². The number of hydrogen-bond donors (Lipinski definition) is 3. The number of allylic oxidation sites excluding steroid dienone is 4. The van der Waals surface area contributed by atoms with Gasteiger partial charge in [-0.3, -0.25) is 15.2 Å². The van der Waals surface area contributed by atoms with Crippen molar-refractivity contribution < 1.29 is 14.3 Å². The van der Waals surface area contributed by atoms with Gasteiger partial charge in [-0.25, -0.2) is 4.98 Å². The summed E-state index contributed by atoms with van der Waals surface area (Å²) in [7, 11) is 0. The van der Waals surface area contributed by atoms with E-state index in [9.17, 15) is 4.79 Å². The molecule has 1 aliphatic carbocycles. The number of nitrogens with zero attached hydrogens (tertiary/aromatic N) is 4. The van der Waals surface area contributed by atoms with Crippen LogP contribution in [0.3, 0.4) is 0 Å². The smallest absolute Gasteiger partial charge is 0.304 e. The number of pyridine rings is 1. The Morgan fingerprint density at radius 1 is 1.11 bits per heavy atom. The number of hydrazine groups is 1. The summed E-state index contributed by atoms with van der Waals surface area (Å²) in [5.74, 6) is 0.830. The summed E-state index contributed by atoms with van der Waals surface area (Å²) in [5.41, 5.74) is 8.47. The molecule has 196 valence electrons. The second-order valence-corrected chi connectivity index (χ2v) is 9.90. The number of morpholine rings is 1. The lowest BCUT2D eigenvalue weighted by Gasteiger charge is -2.28. The van der Waals surface area contributed by atoms with Gasteiger partial charge in [-0.05, 0) is 31.0 Å². The number of anilines is 2. The Balaban J connectivity index is 1.26. The fraction of sp³-hybridized carbons (Fsp3) is 0.357. The maximum Gasteiger partial charge on any atom is 0.304 e. The minimum absolute atomic E-state index is 0.0217. The van der Waals surface area contributed by atoms with Crippen LogP contribution in [-0.2, 0) is 20.0 Å². The third kappa shape index (κ3) is 4.68. The first-order valence-electron chi connectivity index (χ1n) is 12.9. The van der Waals surface area contributed by atoms with Crippen molar-refractivity contribution in [2.24, 2.45) is 21.8 Å². The average Bonchev–Trinajstić information content (AvgIpc) is 3.27. The van der Waals surface area contributed by atoms with Crippen molar-refractivity contribution in [1.29, 1.82) is 0 Å². The van der Waals surface area contributed by atoms with E-state index in [1.54, 1.807) is 6.20 Å². The van der Waals surface area contributed by atoms with Gasteiger partial charge in [-0.2, -0.15) is 10.4 Å². The summed E-state index contributed by atoms with van der Waals surface area (Å²) in [5, 5.41) is 2.99. The van der Waals surface area contributed by atoms with Crippen molar-refractivity contribution in [2.45, 2.75) is 25.7 Å². The lowest BCUT2D eigenvalue weighted by atomic mass is 9.83. The van der Waals surface area contributed by atoms with Gasteiger partial charge < -0.3 is 19.7 Å². The van der Waals surface area contributed by atoms with Gasteiger partial charge in [-0.15, -0.1) is 0 Å². The van der Waals surface area contributed by atoms with Gasteiger partial charge >= 0.3 is 6.02 Å². The molecule has 0 spiro atoms. The Hall–Kier alpha value is -4.02. The third-order valence-corrected chi connectivity index (χ3v) is 7.27. The van der Waals surface area contributed by atoms with Crippen LogP contribution in [0.5, 0.6) is 0 Å². The SMILES string of the molecule is CC1C=CC=CC1C1=NC(/N=C2\NNC(C)(c3ccc(N4CCOCC4)nc3)O2)C(=O)Nc2ccccc21. The van der Waals surface area contributed by atoms with E-state index in [1.165, 1.54) is 0 Å². The molecule has 10 nitrogen and oxygen atoms in total. The molecule has 38 heavy (non-hydrogen) atoms. The predicted octanol–water partition coefficient (Wildman–Crippen LogP) is 2.72. The van der Waals surface area contributed by atoms with Crippen molar-refractivity contribution in [2.75, 3.05) is 36.5 Å². The first kappa shape index (κ1) is 24.3. The van der Waals surface area contributed by atoms with E-state index in [0.29, 0.717) is 13.2 Å². The number of carbonyl (C=O) groups excluding carboxylic acids is 1. The topological polar surface area (TPSA) is 112 Å². The van der Waals surface area contributed by atoms with Crippen LogP contribution in [0.25, 0.3) is 0 Å². The zero-order chi connectivity index (χ0) is 26.1. The number of aromatic nitrogens is 1. The Labute approximate surface area is 221 Å². The van der Waals surface area contributed by atoms with Crippen LogP contribution in [0.2, 0.25) is 0 Å². The highest BCUT2D eigenvalue weighted by Crippen LogP contribution is 2.31. The molecule has 0 saturated carbocycles. The standard InChI is InChI=1S/C28H31N7O3/c1-18-7-3-4-8-20(18)24-21-9-5-6-10-22(21)30-26(36)25(31-24)32-27-33-34-28(2,38-27)19-11-12-23(29-17-19)35-13-15-37-16-14-35/h3-12,17-18,20,25,34H,13-16H2,1-2H3,(H,30,36)(H,32,33). The van der Waals surface area contributed by atoms with E-state index in [1.807, 2.05) is 55.5 Å². The number of ether oxygens (including phenoxy) is 2. The monoisotopic (exact) mass is 513 g/mol. The van der Waals surface area contributed by atoms with E-state index < -0.39 is 11.9 Å². The number of rotatable bonds is 4. The Kier molecular flexibility index (Phi) is 6.42. The molecule has 4 heterocycles. The molecular formula is C28H31N7O3. The fourth-order valence-electron chi connectivity index (χ4n) is 5.05. The Morgan fingerprint density at radius 2 is 1.92 bits per heavy atom. The largest absolute Gasteiger partial charge is 0.437 e. The van der Waals surface area contributed by atoms with Gasteiger partial charge in [0.05, 0.1) is 18.9 Å². The van der Waals surface area contributed by atoms with E-state index >= 15 is 0 Å². The fourth-order valence-corrected chi connectivity index (χ4v) is 5.05. The van der Waals surface area contributed by atoms with E-state index in [0.717, 1.165) is 41.4 Å². The molecule has 2 saturated heterocycles. The molecule has 4 atom stereocenters. The normalized spacial score (nSPS) is 29.7. The maximum absolute atomic E-state index is 13.2. The molecule has 4 unspecified atom stereocenters. The number of para-hydroxylation sites is 1. The summed E-state index contributed by atoms with van der Waals surface area (Å²) in [4.78, 5) is 29.5. The highest BCUT2D eigenvalue weighted by molar-refractivity contribution is 6.13. The summed E-state index contributed by atoms with van der Waals surface area (Å²) in [6.45, 7) is 7.06. The van der Waals surface area contributed by atoms with Gasteiger partial charge in [0, 0.05) is 42.0 Å². The third-order valence-electron chi connectivity index (χ3n) is 7.27. The molecule has 4 aliphatic rings. The number of nitrogens with one attached hydrogen (secondary N) is 3. The summed E-state index contributed by atoms with van der Waals surface area (Å²) in [6.07, 6.45) is 9.10. The number of carbonyl (C=O) groups is 1. The van der Waals surface area contributed by atoms with Crippen LogP contribution in [0.15, 0.2) is 76.9 Å². The number of amides is 1. The molecule has 3 aliphatic heterocycles. The van der Waals surface area contributed by atoms with Gasteiger partial charge in [0.2, 0.25) is 11.9 Å². The first-order valence-corrected chi connectivity index (χ1v) is 12.9. The lowest BCUT2D eigenvalue weighted by Crippen LogP contribution is -2.40. The molecule has 0 radical (unpaired) electrons. The zero-order valence-electron chi connectivity index (χ0n) is 21.4. The van der Waals surface area contributed by atoms with Gasteiger partial charge in [0.15, 0.2) is 0 Å². The Morgan fingerprint density at radius 3 is 2.71 bits per heavy atom. The molecular weight excluding hydrogens is 482 g/mol. The minimum atomic E-state index is -1.02. The van der Waals surface area contributed by atoms with Crippen LogP contribution in [0.4, 0.5) is 11.5 Å². The van der Waals surface area contributed by atoms with E-state index in [4.69, 9.17) is 14.5 Å². The average molecular weight is 514 g/mol. The number of hydrogen-bond acceptors (Lipinski definition) is 8. The molecule has 6 rings (SSSR count). The van der Waals surface area contributed by atoms with E-state index in [-0.39, 0.29) is 23.8 Å². The van der Waals surface area contributed by atoms with Crippen LogP contribution >= 0.6 is 0 Å². The highest BCUT2D eigenvalue weighted by atomic mass is 16.6. The highest BCUT2D eigenvalue weighted by Gasteiger charge is 2.38. The van der Waals surface area contributed by atoms with Crippen LogP contribution in [-0.4, -0.2) is 55.1 Å². The second-order valence-electron chi connectivity index (χ2n) is 9.90. The summed E-state index contributed by atoms with van der Waals surface area (Å²) < 4.78 is 11.6. The van der Waals surface area contributed by atoms with Crippen molar-refractivity contribution >= 4 is 29.1 Å². The van der Waals surface area contributed by atoms with Crippen molar-refractivity contribution in [3.63, 3.8) is 0 Å². The zero-order valence-corrected chi connectivity index (χ0v) is 21.4. The second kappa shape index (κ2) is 10.0. The quantitative estimate of drug-likeness (QED) is 0.576. The number of benzene rings is 1. The molecule has 1 aromatic carbocycles. The number of amidine groups is 1.